The third kappa shape index (κ3) is 5.32. The third-order valence-electron chi connectivity index (χ3n) is 3.55. The van der Waals surface area contributed by atoms with Gasteiger partial charge < -0.3 is 0 Å². The molecule has 0 aliphatic carbocycles. The second kappa shape index (κ2) is 8.50. The van der Waals surface area contributed by atoms with Crippen molar-refractivity contribution in [3.63, 3.8) is 0 Å². The minimum Gasteiger partial charge on any atom is -0.296 e. The first-order chi connectivity index (χ1) is 11.9. The molecule has 0 saturated heterocycles. The molecule has 0 radical (unpaired) electrons. The minimum absolute atomic E-state index is 0.130. The molecule has 1 aromatic heterocycles. The molecule has 7 nitrogen and oxygen atoms in total. The van der Waals surface area contributed by atoms with Gasteiger partial charge in [0.25, 0.3) is 5.91 Å². The number of nitrogens with zero attached hydrogens (tertiary/aromatic N) is 2. The Bertz CT molecular complexity index is 816. The molecule has 0 aliphatic rings. The molecule has 0 fully saturated rings. The number of nitrogens with one attached hydrogen (secondary N) is 2. The highest BCUT2D eigenvalue weighted by Crippen LogP contribution is 2.18. The van der Waals surface area contributed by atoms with Crippen LogP contribution in [0.1, 0.15) is 49.0 Å². The Morgan fingerprint density at radius 1 is 1.20 bits per heavy atom. The number of aromatic nitrogens is 2. The van der Waals surface area contributed by atoms with Crippen molar-refractivity contribution in [1.29, 1.82) is 0 Å². The van der Waals surface area contributed by atoms with Gasteiger partial charge in [0, 0.05) is 18.0 Å². The second-order valence-electron chi connectivity index (χ2n) is 5.66. The van der Waals surface area contributed by atoms with Gasteiger partial charge in [0.05, 0.1) is 4.90 Å². The van der Waals surface area contributed by atoms with Crippen LogP contribution in [0.4, 0.5) is 5.13 Å². The van der Waals surface area contributed by atoms with Crippen LogP contribution in [0, 0.1) is 0 Å². The van der Waals surface area contributed by atoms with Crippen LogP contribution in [0.5, 0.6) is 0 Å². The quantitative estimate of drug-likeness (QED) is 0.731. The zero-order chi connectivity index (χ0) is 18.4. The molecule has 25 heavy (non-hydrogen) atoms. The predicted octanol–water partition coefficient (Wildman–Crippen LogP) is 2.82. The van der Waals surface area contributed by atoms with Gasteiger partial charge in [-0.05, 0) is 44.0 Å². The molecule has 0 saturated carbocycles. The van der Waals surface area contributed by atoms with E-state index in [1.807, 2.05) is 13.8 Å². The molecule has 1 atom stereocenters. The minimum atomic E-state index is -3.58. The monoisotopic (exact) mass is 382 g/mol. The van der Waals surface area contributed by atoms with Gasteiger partial charge in [-0.1, -0.05) is 25.2 Å². The number of hydrogen-bond donors (Lipinski definition) is 2. The number of amides is 1. The van der Waals surface area contributed by atoms with Crippen LogP contribution in [0.2, 0.25) is 0 Å². The zero-order valence-corrected chi connectivity index (χ0v) is 16.1. The van der Waals surface area contributed by atoms with Crippen molar-refractivity contribution in [2.45, 2.75) is 51.0 Å². The first kappa shape index (κ1) is 19.5. The first-order valence-electron chi connectivity index (χ1n) is 8.11. The molecule has 1 unspecified atom stereocenters. The van der Waals surface area contributed by atoms with Gasteiger partial charge in [-0.15, -0.1) is 10.2 Å². The van der Waals surface area contributed by atoms with E-state index in [4.69, 9.17) is 0 Å². The van der Waals surface area contributed by atoms with Crippen LogP contribution in [0.25, 0.3) is 0 Å². The van der Waals surface area contributed by atoms with Gasteiger partial charge in [-0.2, -0.15) is 0 Å². The Labute approximate surface area is 151 Å². The fourth-order valence-electron chi connectivity index (χ4n) is 1.99. The summed E-state index contributed by atoms with van der Waals surface area (Å²) in [5.41, 5.74) is 0.356. The lowest BCUT2D eigenvalue weighted by Crippen LogP contribution is -2.32. The summed E-state index contributed by atoms with van der Waals surface area (Å²) < 4.78 is 27.0. The average Bonchev–Trinajstić information content (AvgIpc) is 3.02. The summed E-state index contributed by atoms with van der Waals surface area (Å²) in [6.45, 7) is 5.75. The van der Waals surface area contributed by atoms with Crippen LogP contribution in [0.3, 0.4) is 0 Å². The van der Waals surface area contributed by atoms with Gasteiger partial charge in [0.15, 0.2) is 0 Å². The molecular formula is C16H22N4O3S2. The van der Waals surface area contributed by atoms with E-state index >= 15 is 0 Å². The molecule has 2 N–H and O–H groups in total. The molecule has 1 amide bonds. The van der Waals surface area contributed by atoms with Gasteiger partial charge in [-0.25, -0.2) is 13.1 Å². The molecule has 9 heteroatoms. The lowest BCUT2D eigenvalue weighted by atomic mass is 10.2. The van der Waals surface area contributed by atoms with Crippen molar-refractivity contribution in [2.75, 3.05) is 5.32 Å². The molecule has 2 aromatic rings. The highest BCUT2D eigenvalue weighted by atomic mass is 32.2. The molecule has 1 heterocycles. The SMILES string of the molecule is CCCc1nnc(NC(=O)c2ccc(S(=O)(=O)NC(C)CC)cc2)s1. The van der Waals surface area contributed by atoms with Crippen LogP contribution in [0.15, 0.2) is 29.2 Å². The number of hydrogen-bond acceptors (Lipinski definition) is 6. The van der Waals surface area contributed by atoms with Gasteiger partial charge in [-0.3, -0.25) is 10.1 Å². The Balaban J connectivity index is 2.06. The molecule has 136 valence electrons. The van der Waals surface area contributed by atoms with E-state index in [1.54, 1.807) is 6.92 Å². The lowest BCUT2D eigenvalue weighted by molar-refractivity contribution is 0.102. The largest absolute Gasteiger partial charge is 0.296 e. The van der Waals surface area contributed by atoms with Crippen molar-refractivity contribution in [3.05, 3.63) is 34.8 Å². The number of sulfonamides is 1. The van der Waals surface area contributed by atoms with Crippen LogP contribution in [-0.4, -0.2) is 30.6 Å². The van der Waals surface area contributed by atoms with Crippen molar-refractivity contribution < 1.29 is 13.2 Å². The van der Waals surface area contributed by atoms with Crippen molar-refractivity contribution in [2.24, 2.45) is 0 Å². The number of benzene rings is 1. The molecular weight excluding hydrogens is 360 g/mol. The summed E-state index contributed by atoms with van der Waals surface area (Å²) in [6, 6.07) is 5.65. The van der Waals surface area contributed by atoms with Gasteiger partial charge in [0.1, 0.15) is 5.01 Å². The van der Waals surface area contributed by atoms with Crippen LogP contribution < -0.4 is 10.0 Å². The van der Waals surface area contributed by atoms with E-state index < -0.39 is 10.0 Å². The molecule has 0 bridgehead atoms. The number of carbonyl (C=O) groups excluding carboxylic acids is 1. The summed E-state index contributed by atoms with van der Waals surface area (Å²) in [7, 11) is -3.58. The molecule has 0 aliphatic heterocycles. The smallest absolute Gasteiger partial charge is 0.257 e. The summed E-state index contributed by atoms with van der Waals surface area (Å²) in [6.07, 6.45) is 2.48. The fraction of sp³-hybridized carbons (Fsp3) is 0.438. The maximum atomic E-state index is 12.2. The lowest BCUT2D eigenvalue weighted by Gasteiger charge is -2.12. The van der Waals surface area contributed by atoms with E-state index in [0.29, 0.717) is 17.1 Å². The molecule has 2 rings (SSSR count). The summed E-state index contributed by atoms with van der Waals surface area (Å²) in [5, 5.41) is 11.9. The number of carbonyl (C=O) groups is 1. The maximum Gasteiger partial charge on any atom is 0.257 e. The van der Waals surface area contributed by atoms with Crippen molar-refractivity contribution in [1.82, 2.24) is 14.9 Å². The standard InChI is InChI=1S/C16H22N4O3S2/c1-4-6-14-18-19-16(24-14)17-15(21)12-7-9-13(10-8-12)25(22,23)20-11(3)5-2/h7-11,20H,4-6H2,1-3H3,(H,17,19,21). The topological polar surface area (TPSA) is 101 Å². The van der Waals surface area contributed by atoms with E-state index in [-0.39, 0.29) is 16.8 Å². The molecule has 0 spiro atoms. The highest BCUT2D eigenvalue weighted by molar-refractivity contribution is 7.89. The van der Waals surface area contributed by atoms with Crippen LogP contribution in [-0.2, 0) is 16.4 Å². The molecule has 1 aromatic carbocycles. The first-order valence-corrected chi connectivity index (χ1v) is 10.4. The van der Waals surface area contributed by atoms with Crippen LogP contribution >= 0.6 is 11.3 Å². The van der Waals surface area contributed by atoms with E-state index in [0.717, 1.165) is 17.8 Å². The fourth-order valence-corrected chi connectivity index (χ4v) is 4.15. The summed E-state index contributed by atoms with van der Waals surface area (Å²) in [5.74, 6) is -0.349. The average molecular weight is 383 g/mol. The highest BCUT2D eigenvalue weighted by Gasteiger charge is 2.17. The summed E-state index contributed by atoms with van der Waals surface area (Å²) in [4.78, 5) is 12.4. The third-order valence-corrected chi connectivity index (χ3v) is 6.05. The predicted molar refractivity (Wildman–Crippen MR) is 98.4 cm³/mol. The number of anilines is 1. The Kier molecular flexibility index (Phi) is 6.63. The maximum absolute atomic E-state index is 12.2. The van der Waals surface area contributed by atoms with Gasteiger partial charge >= 0.3 is 0 Å². The zero-order valence-electron chi connectivity index (χ0n) is 14.4. The summed E-state index contributed by atoms with van der Waals surface area (Å²) >= 11 is 1.34. The number of rotatable bonds is 8. The van der Waals surface area contributed by atoms with Crippen molar-refractivity contribution in [3.8, 4) is 0 Å². The van der Waals surface area contributed by atoms with E-state index in [9.17, 15) is 13.2 Å². The Morgan fingerprint density at radius 3 is 2.48 bits per heavy atom. The second-order valence-corrected chi connectivity index (χ2v) is 8.44. The van der Waals surface area contributed by atoms with Gasteiger partial charge in [0.2, 0.25) is 15.2 Å². The number of aryl methyl sites for hydroxylation is 1. The van der Waals surface area contributed by atoms with E-state index in [2.05, 4.69) is 20.2 Å². The van der Waals surface area contributed by atoms with E-state index in [1.165, 1.54) is 35.6 Å². The normalized spacial score (nSPS) is 12.8. The van der Waals surface area contributed by atoms with Crippen molar-refractivity contribution >= 4 is 32.4 Å². The Morgan fingerprint density at radius 2 is 1.88 bits per heavy atom. The Hall–Kier alpha value is -1.84.